The summed E-state index contributed by atoms with van der Waals surface area (Å²) in [6, 6.07) is 8.00. The molecule has 2 aromatic rings. The Morgan fingerprint density at radius 1 is 0.864 bits per heavy atom. The third kappa shape index (κ3) is 6.64. The maximum atomic E-state index is 13.6. The molecule has 0 saturated carbocycles. The first-order valence-electron chi connectivity index (χ1n) is 14.6. The lowest BCUT2D eigenvalue weighted by molar-refractivity contribution is -0.128. The van der Waals surface area contributed by atoms with Gasteiger partial charge in [0.15, 0.2) is 11.6 Å². The molecule has 0 amide bonds. The molecular weight excluding hydrogens is 560 g/mol. The monoisotopic (exact) mass is 602 g/mol. The van der Waals surface area contributed by atoms with E-state index in [1.807, 2.05) is 20.8 Å². The van der Waals surface area contributed by atoms with Gasteiger partial charge in [-0.05, 0) is 53.9 Å². The van der Waals surface area contributed by atoms with Gasteiger partial charge in [0.1, 0.15) is 39.9 Å². The highest BCUT2D eigenvalue weighted by molar-refractivity contribution is 6.24. The first-order valence-corrected chi connectivity index (χ1v) is 14.6. The van der Waals surface area contributed by atoms with Crippen LogP contribution in [-0.2, 0) is 22.4 Å². The fourth-order valence-corrected chi connectivity index (χ4v) is 5.13. The van der Waals surface area contributed by atoms with Crippen molar-refractivity contribution >= 4 is 17.3 Å². The lowest BCUT2D eigenvalue weighted by Crippen LogP contribution is -2.37. The molecule has 0 unspecified atom stereocenters. The Balaban J connectivity index is 2.27. The first-order chi connectivity index (χ1) is 20.5. The van der Waals surface area contributed by atoms with E-state index in [1.54, 1.807) is 38.1 Å². The number of hydrogen-bond donors (Lipinski definition) is 5. The van der Waals surface area contributed by atoms with Crippen LogP contribution in [0.25, 0.3) is 0 Å². The number of carbonyl (C=O) groups excluding carboxylic acids is 3. The lowest BCUT2D eigenvalue weighted by atomic mass is 9.72. The molecular formula is C36H42O8. The zero-order valence-corrected chi connectivity index (χ0v) is 26.4. The third-order valence-electron chi connectivity index (χ3n) is 7.95. The molecule has 0 saturated heterocycles. The van der Waals surface area contributed by atoms with Crippen LogP contribution in [0.1, 0.15) is 88.4 Å². The zero-order chi connectivity index (χ0) is 33.1. The van der Waals surface area contributed by atoms with E-state index in [1.165, 1.54) is 31.6 Å². The van der Waals surface area contributed by atoms with E-state index in [-0.39, 0.29) is 28.7 Å². The summed E-state index contributed by atoms with van der Waals surface area (Å²) in [6.45, 7) is 11.9. The molecule has 0 aromatic heterocycles. The normalized spacial score (nSPS) is 15.2. The topological polar surface area (TPSA) is 152 Å². The molecule has 0 heterocycles. The molecule has 1 aliphatic carbocycles. The molecule has 0 atom stereocenters. The maximum absolute atomic E-state index is 13.6. The molecule has 0 spiro atoms. The summed E-state index contributed by atoms with van der Waals surface area (Å²) >= 11 is 0. The van der Waals surface area contributed by atoms with Crippen LogP contribution in [-0.4, -0.2) is 42.9 Å². The molecule has 0 aliphatic heterocycles. The molecule has 0 fully saturated rings. The average Bonchev–Trinajstić information content (AvgIpc) is 2.96. The fourth-order valence-electron chi connectivity index (χ4n) is 5.13. The predicted molar refractivity (Wildman–Crippen MR) is 169 cm³/mol. The van der Waals surface area contributed by atoms with Gasteiger partial charge in [-0.3, -0.25) is 14.4 Å². The number of aliphatic hydroxyl groups excluding tert-OH is 2. The van der Waals surface area contributed by atoms with Crippen molar-refractivity contribution in [2.24, 2.45) is 11.3 Å². The highest BCUT2D eigenvalue weighted by Gasteiger charge is 2.46. The maximum Gasteiger partial charge on any atom is 0.200 e. The van der Waals surface area contributed by atoms with Crippen molar-refractivity contribution in [1.29, 1.82) is 0 Å². The number of hydrogen-bond acceptors (Lipinski definition) is 8. The minimum Gasteiger partial charge on any atom is -0.511 e. The molecule has 234 valence electrons. The van der Waals surface area contributed by atoms with Gasteiger partial charge in [-0.15, -0.1) is 0 Å². The Morgan fingerprint density at radius 3 is 2.02 bits per heavy atom. The second kappa shape index (κ2) is 13.4. The number of aromatic hydroxyl groups is 3. The van der Waals surface area contributed by atoms with E-state index in [9.17, 15) is 39.9 Å². The van der Waals surface area contributed by atoms with Crippen LogP contribution in [0.15, 0.2) is 76.3 Å². The van der Waals surface area contributed by atoms with Gasteiger partial charge in [-0.25, -0.2) is 0 Å². The number of carbonyl (C=O) groups is 3. The SMILES string of the molecule is CC(C)=CCC/C(C)=C/Cc1c(O)c(CC2=C(O)C(C)(C)C(=O)C(C(=O)C(C)C)=C2O)c(O)c(C(=O)c2ccccc2)c1O. The van der Waals surface area contributed by atoms with Crippen molar-refractivity contribution in [2.75, 3.05) is 0 Å². The molecule has 0 radical (unpaired) electrons. The van der Waals surface area contributed by atoms with Crippen LogP contribution >= 0.6 is 0 Å². The van der Waals surface area contributed by atoms with Crippen LogP contribution in [0.5, 0.6) is 17.2 Å². The highest BCUT2D eigenvalue weighted by Crippen LogP contribution is 2.47. The zero-order valence-electron chi connectivity index (χ0n) is 26.4. The second-order valence-electron chi connectivity index (χ2n) is 12.3. The number of allylic oxidation sites excluding steroid dienone is 7. The molecule has 8 nitrogen and oxygen atoms in total. The van der Waals surface area contributed by atoms with E-state index in [0.29, 0.717) is 0 Å². The number of phenols is 3. The van der Waals surface area contributed by atoms with Crippen molar-refractivity contribution in [3.63, 3.8) is 0 Å². The van der Waals surface area contributed by atoms with Gasteiger partial charge in [0.25, 0.3) is 0 Å². The number of benzene rings is 2. The Kier molecular flexibility index (Phi) is 10.3. The number of rotatable bonds is 11. The summed E-state index contributed by atoms with van der Waals surface area (Å²) in [5, 5.41) is 56.4. The number of Topliss-reactive ketones (excluding diaryl/α,β-unsaturated/α-hetero) is 2. The molecule has 0 bridgehead atoms. The van der Waals surface area contributed by atoms with Crippen molar-refractivity contribution in [3.05, 3.63) is 98.5 Å². The summed E-state index contributed by atoms with van der Waals surface area (Å²) in [6.07, 6.45) is 4.88. The van der Waals surface area contributed by atoms with Crippen molar-refractivity contribution in [2.45, 2.75) is 74.1 Å². The van der Waals surface area contributed by atoms with Gasteiger partial charge >= 0.3 is 0 Å². The Hall–Kier alpha value is -4.59. The Morgan fingerprint density at radius 2 is 1.45 bits per heavy atom. The molecule has 2 aromatic carbocycles. The molecule has 8 heteroatoms. The summed E-state index contributed by atoms with van der Waals surface area (Å²) in [4.78, 5) is 39.8. The van der Waals surface area contributed by atoms with Crippen LogP contribution in [0.3, 0.4) is 0 Å². The Labute approximate surface area is 258 Å². The largest absolute Gasteiger partial charge is 0.511 e. The van der Waals surface area contributed by atoms with Crippen molar-refractivity contribution in [3.8, 4) is 17.2 Å². The quantitative estimate of drug-likeness (QED) is 0.102. The van der Waals surface area contributed by atoms with E-state index in [2.05, 4.69) is 6.08 Å². The smallest absolute Gasteiger partial charge is 0.200 e. The summed E-state index contributed by atoms with van der Waals surface area (Å²) < 4.78 is 0. The minimum atomic E-state index is -1.60. The number of aliphatic hydroxyl groups is 2. The van der Waals surface area contributed by atoms with E-state index in [0.717, 1.165) is 18.4 Å². The molecule has 3 rings (SSSR count). The van der Waals surface area contributed by atoms with Crippen molar-refractivity contribution in [1.82, 2.24) is 0 Å². The van der Waals surface area contributed by atoms with Gasteiger partial charge in [-0.2, -0.15) is 0 Å². The lowest BCUT2D eigenvalue weighted by Gasteiger charge is -2.31. The van der Waals surface area contributed by atoms with Gasteiger partial charge < -0.3 is 25.5 Å². The van der Waals surface area contributed by atoms with Crippen LogP contribution in [0.2, 0.25) is 0 Å². The van der Waals surface area contributed by atoms with Gasteiger partial charge in [0.05, 0.1) is 5.41 Å². The van der Waals surface area contributed by atoms with Crippen LogP contribution in [0.4, 0.5) is 0 Å². The minimum absolute atomic E-state index is 0.00852. The van der Waals surface area contributed by atoms with Gasteiger partial charge in [0, 0.05) is 34.6 Å². The van der Waals surface area contributed by atoms with Crippen LogP contribution in [0, 0.1) is 11.3 Å². The van der Waals surface area contributed by atoms with E-state index in [4.69, 9.17) is 0 Å². The second-order valence-corrected chi connectivity index (χ2v) is 12.3. The first kappa shape index (κ1) is 33.9. The highest BCUT2D eigenvalue weighted by atomic mass is 16.3. The van der Waals surface area contributed by atoms with Gasteiger partial charge in [0.2, 0.25) is 5.78 Å². The average molecular weight is 603 g/mol. The third-order valence-corrected chi connectivity index (χ3v) is 7.95. The number of ketones is 3. The van der Waals surface area contributed by atoms with E-state index >= 15 is 0 Å². The summed E-state index contributed by atoms with van der Waals surface area (Å²) in [5.41, 5.74) is -0.762. The standard InChI is InChI=1S/C36H42O8/c1-19(2)12-11-13-21(5)16-17-23-30(39)24(32(41)26(31(23)40)29(38)22-14-9-8-10-15-22)18-25-33(42)27(28(37)20(3)4)35(44)36(6,7)34(25)43/h8-10,12,14-16,20,39-43H,11,13,17-18H2,1-7H3/b21-16+. The predicted octanol–water partition coefficient (Wildman–Crippen LogP) is 7.27. The van der Waals surface area contributed by atoms with Gasteiger partial charge in [-0.1, -0.05) is 67.5 Å². The Bertz CT molecular complexity index is 1610. The van der Waals surface area contributed by atoms with Crippen LogP contribution < -0.4 is 0 Å². The van der Waals surface area contributed by atoms with E-state index < -0.39 is 75.0 Å². The van der Waals surface area contributed by atoms with Crippen molar-refractivity contribution < 1.29 is 39.9 Å². The summed E-state index contributed by atoms with van der Waals surface area (Å²) in [5.74, 6) is -5.93. The molecule has 1 aliphatic rings. The summed E-state index contributed by atoms with van der Waals surface area (Å²) in [7, 11) is 0. The molecule has 44 heavy (non-hydrogen) atoms. The number of phenolic OH excluding ortho intramolecular Hbond substituents is 3. The fraction of sp³-hybridized carbons (Fsp3) is 0.361. The molecule has 5 N–H and O–H groups in total.